The topological polar surface area (TPSA) is 92.2 Å². The third-order valence-corrected chi connectivity index (χ3v) is 4.29. The zero-order chi connectivity index (χ0) is 15.5. The molecule has 6 nitrogen and oxygen atoms in total. The summed E-state index contributed by atoms with van der Waals surface area (Å²) in [5, 5.41) is 12.2. The highest BCUT2D eigenvalue weighted by Crippen LogP contribution is 2.38. The molecular formula is C15H21N3O3. The summed E-state index contributed by atoms with van der Waals surface area (Å²) in [7, 11) is 0. The fourth-order valence-corrected chi connectivity index (χ4v) is 2.63. The largest absolute Gasteiger partial charge is 0.481 e. The highest BCUT2D eigenvalue weighted by atomic mass is 16.4. The van der Waals surface area contributed by atoms with Crippen molar-refractivity contribution in [1.82, 2.24) is 15.3 Å². The average Bonchev–Trinajstić information content (AvgIpc) is 2.47. The number of aliphatic carboxylic acids is 1. The Kier molecular flexibility index (Phi) is 4.55. The van der Waals surface area contributed by atoms with E-state index in [1.165, 1.54) is 12.4 Å². The van der Waals surface area contributed by atoms with Crippen LogP contribution in [-0.2, 0) is 4.79 Å². The number of amides is 1. The monoisotopic (exact) mass is 291 g/mol. The number of aryl methyl sites for hydroxylation is 1. The number of aromatic nitrogens is 2. The molecule has 0 unspecified atom stereocenters. The number of nitrogens with zero attached hydrogens (tertiary/aromatic N) is 2. The molecule has 1 aromatic rings. The minimum atomic E-state index is -0.847. The molecule has 1 aliphatic rings. The third kappa shape index (κ3) is 3.56. The quantitative estimate of drug-likeness (QED) is 0.882. The zero-order valence-electron chi connectivity index (χ0n) is 12.4. The lowest BCUT2D eigenvalue weighted by atomic mass is 9.71. The Morgan fingerprint density at radius 2 is 2.00 bits per heavy atom. The SMILES string of the molecule is Cc1cnc(C(=O)NCC2(C(=O)O)CCC(C)CC2)cn1. The summed E-state index contributed by atoms with van der Waals surface area (Å²) in [4.78, 5) is 31.6. The molecule has 0 bridgehead atoms. The van der Waals surface area contributed by atoms with Gasteiger partial charge in [0.25, 0.3) is 5.91 Å². The molecule has 0 radical (unpaired) electrons. The maximum atomic E-state index is 12.0. The van der Waals surface area contributed by atoms with Gasteiger partial charge in [0.15, 0.2) is 0 Å². The molecule has 1 aliphatic carbocycles. The molecule has 1 aromatic heterocycles. The van der Waals surface area contributed by atoms with Crippen LogP contribution in [-0.4, -0.2) is 33.5 Å². The van der Waals surface area contributed by atoms with E-state index in [9.17, 15) is 14.7 Å². The Morgan fingerprint density at radius 3 is 2.52 bits per heavy atom. The smallest absolute Gasteiger partial charge is 0.311 e. The maximum absolute atomic E-state index is 12.0. The van der Waals surface area contributed by atoms with Gasteiger partial charge in [0.2, 0.25) is 0 Å². The Balaban J connectivity index is 2.00. The molecule has 1 fully saturated rings. The van der Waals surface area contributed by atoms with E-state index >= 15 is 0 Å². The first-order chi connectivity index (χ1) is 9.93. The zero-order valence-corrected chi connectivity index (χ0v) is 12.4. The lowest BCUT2D eigenvalue weighted by Crippen LogP contribution is -2.45. The number of carboxylic acid groups (broad SMARTS) is 1. The second-order valence-corrected chi connectivity index (χ2v) is 5.99. The van der Waals surface area contributed by atoms with Gasteiger partial charge in [0.05, 0.1) is 17.3 Å². The minimum Gasteiger partial charge on any atom is -0.481 e. The third-order valence-electron chi connectivity index (χ3n) is 4.29. The number of carbonyl (C=O) groups excluding carboxylic acids is 1. The van der Waals surface area contributed by atoms with E-state index in [1.54, 1.807) is 6.92 Å². The van der Waals surface area contributed by atoms with Gasteiger partial charge < -0.3 is 10.4 Å². The summed E-state index contributed by atoms with van der Waals surface area (Å²) in [6, 6.07) is 0. The first kappa shape index (κ1) is 15.4. The van der Waals surface area contributed by atoms with Gasteiger partial charge in [-0.25, -0.2) is 4.98 Å². The van der Waals surface area contributed by atoms with Crippen LogP contribution in [0.15, 0.2) is 12.4 Å². The first-order valence-corrected chi connectivity index (χ1v) is 7.23. The van der Waals surface area contributed by atoms with Crippen molar-refractivity contribution in [2.75, 3.05) is 6.54 Å². The summed E-state index contributed by atoms with van der Waals surface area (Å²) in [5.74, 6) is -0.650. The molecule has 0 aliphatic heterocycles. The van der Waals surface area contributed by atoms with Gasteiger partial charge in [-0.05, 0) is 38.5 Å². The number of hydrogen-bond donors (Lipinski definition) is 2. The van der Waals surface area contributed by atoms with Crippen LogP contribution in [0.2, 0.25) is 0 Å². The van der Waals surface area contributed by atoms with Crippen LogP contribution in [0.1, 0.15) is 48.8 Å². The Hall–Kier alpha value is -1.98. The molecule has 1 saturated carbocycles. The lowest BCUT2D eigenvalue weighted by molar-refractivity contribution is -0.151. The lowest BCUT2D eigenvalue weighted by Gasteiger charge is -2.35. The average molecular weight is 291 g/mol. The fourth-order valence-electron chi connectivity index (χ4n) is 2.63. The van der Waals surface area contributed by atoms with Crippen molar-refractivity contribution in [2.24, 2.45) is 11.3 Å². The minimum absolute atomic E-state index is 0.142. The predicted octanol–water partition coefficient (Wildman–Crippen LogP) is 1.80. The van der Waals surface area contributed by atoms with E-state index in [0.29, 0.717) is 18.8 Å². The van der Waals surface area contributed by atoms with E-state index in [-0.39, 0.29) is 18.1 Å². The summed E-state index contributed by atoms with van der Waals surface area (Å²) in [6.07, 6.45) is 5.89. The van der Waals surface area contributed by atoms with Crippen molar-refractivity contribution in [1.29, 1.82) is 0 Å². The number of carboxylic acids is 1. The van der Waals surface area contributed by atoms with E-state index in [4.69, 9.17) is 0 Å². The van der Waals surface area contributed by atoms with Crippen molar-refractivity contribution in [3.8, 4) is 0 Å². The van der Waals surface area contributed by atoms with Gasteiger partial charge in [-0.1, -0.05) is 6.92 Å². The molecule has 1 amide bonds. The Labute approximate surface area is 124 Å². The molecule has 2 rings (SSSR count). The van der Waals surface area contributed by atoms with Gasteiger partial charge in [-0.2, -0.15) is 0 Å². The fraction of sp³-hybridized carbons (Fsp3) is 0.600. The molecular weight excluding hydrogens is 270 g/mol. The van der Waals surface area contributed by atoms with Crippen LogP contribution in [0.5, 0.6) is 0 Å². The second-order valence-electron chi connectivity index (χ2n) is 5.99. The number of nitrogens with one attached hydrogen (secondary N) is 1. The predicted molar refractivity (Wildman–Crippen MR) is 76.8 cm³/mol. The normalized spacial score (nSPS) is 25.3. The van der Waals surface area contributed by atoms with Gasteiger partial charge in [0.1, 0.15) is 5.69 Å². The summed E-state index contributed by atoms with van der Waals surface area (Å²) in [6.45, 7) is 4.06. The van der Waals surface area contributed by atoms with Crippen molar-refractivity contribution in [3.05, 3.63) is 23.8 Å². The van der Waals surface area contributed by atoms with E-state index in [1.807, 2.05) is 0 Å². The molecule has 2 N–H and O–H groups in total. The standard InChI is InChI=1S/C15H21N3O3/c1-10-3-5-15(6-4-10,14(20)21)9-18-13(19)12-8-16-11(2)7-17-12/h7-8,10H,3-6,9H2,1-2H3,(H,18,19)(H,20,21). The van der Waals surface area contributed by atoms with E-state index < -0.39 is 11.4 Å². The maximum Gasteiger partial charge on any atom is 0.311 e. The van der Waals surface area contributed by atoms with Gasteiger partial charge in [-0.3, -0.25) is 14.6 Å². The highest BCUT2D eigenvalue weighted by molar-refractivity contribution is 5.92. The summed E-state index contributed by atoms with van der Waals surface area (Å²) >= 11 is 0. The van der Waals surface area contributed by atoms with Gasteiger partial charge in [-0.15, -0.1) is 0 Å². The van der Waals surface area contributed by atoms with Gasteiger partial charge in [0, 0.05) is 12.7 Å². The molecule has 0 aromatic carbocycles. The highest BCUT2D eigenvalue weighted by Gasteiger charge is 2.41. The van der Waals surface area contributed by atoms with Crippen LogP contribution in [0.3, 0.4) is 0 Å². The van der Waals surface area contributed by atoms with Crippen molar-refractivity contribution in [3.63, 3.8) is 0 Å². The molecule has 114 valence electrons. The molecule has 1 heterocycles. The van der Waals surface area contributed by atoms with Crippen LogP contribution >= 0.6 is 0 Å². The number of hydrogen-bond acceptors (Lipinski definition) is 4. The van der Waals surface area contributed by atoms with Crippen molar-refractivity contribution in [2.45, 2.75) is 39.5 Å². The van der Waals surface area contributed by atoms with Crippen LogP contribution < -0.4 is 5.32 Å². The molecule has 0 saturated heterocycles. The van der Waals surface area contributed by atoms with Crippen molar-refractivity contribution < 1.29 is 14.7 Å². The Bertz CT molecular complexity index is 519. The van der Waals surface area contributed by atoms with Crippen LogP contribution in [0.4, 0.5) is 0 Å². The molecule has 0 spiro atoms. The van der Waals surface area contributed by atoms with Crippen LogP contribution in [0, 0.1) is 18.3 Å². The first-order valence-electron chi connectivity index (χ1n) is 7.23. The second kappa shape index (κ2) is 6.20. The van der Waals surface area contributed by atoms with E-state index in [0.717, 1.165) is 18.5 Å². The Morgan fingerprint density at radius 1 is 1.33 bits per heavy atom. The molecule has 21 heavy (non-hydrogen) atoms. The summed E-state index contributed by atoms with van der Waals surface area (Å²) < 4.78 is 0. The molecule has 6 heteroatoms. The number of rotatable bonds is 4. The van der Waals surface area contributed by atoms with Crippen molar-refractivity contribution >= 4 is 11.9 Å². The van der Waals surface area contributed by atoms with E-state index in [2.05, 4.69) is 22.2 Å². The van der Waals surface area contributed by atoms with Crippen LogP contribution in [0.25, 0.3) is 0 Å². The summed E-state index contributed by atoms with van der Waals surface area (Å²) in [5.41, 5.74) is 0.0976. The number of carbonyl (C=O) groups is 2. The molecule has 0 atom stereocenters. The van der Waals surface area contributed by atoms with Gasteiger partial charge >= 0.3 is 5.97 Å².